The second-order valence-corrected chi connectivity index (χ2v) is 5.83. The quantitative estimate of drug-likeness (QED) is 0.797. The fraction of sp³-hybridized carbons (Fsp3) is 0.692. The molecule has 86 valence electrons. The molecule has 1 aromatic heterocycles. The molecule has 2 nitrogen and oxygen atoms in total. The molecule has 1 aromatic rings. The van der Waals surface area contributed by atoms with E-state index in [2.05, 4.69) is 18.0 Å². The Morgan fingerprint density at radius 2 is 2.31 bits per heavy atom. The number of rotatable bonds is 3. The zero-order valence-corrected chi connectivity index (χ0v) is 10.6. The molecule has 1 saturated carbocycles. The summed E-state index contributed by atoms with van der Waals surface area (Å²) in [5, 5.41) is 12.5. The molecule has 1 aliphatic rings. The summed E-state index contributed by atoms with van der Waals surface area (Å²) in [7, 11) is 0. The van der Waals surface area contributed by atoms with Crippen LogP contribution in [0.25, 0.3) is 0 Å². The van der Waals surface area contributed by atoms with Crippen LogP contribution in [0.2, 0.25) is 0 Å². The fourth-order valence-electron chi connectivity index (χ4n) is 2.60. The van der Waals surface area contributed by atoms with Gasteiger partial charge in [-0.15, -0.1) is 11.3 Å². The van der Waals surface area contributed by atoms with Crippen LogP contribution in [0, 0.1) is 22.7 Å². The highest BCUT2D eigenvalue weighted by Gasteiger charge is 2.35. The summed E-state index contributed by atoms with van der Waals surface area (Å²) < 4.78 is 0. The molecule has 1 aliphatic carbocycles. The van der Waals surface area contributed by atoms with E-state index in [9.17, 15) is 5.26 Å². The molecule has 1 heterocycles. The maximum Gasteiger partial charge on any atom is 0.0940 e. The van der Waals surface area contributed by atoms with Gasteiger partial charge in [0.25, 0.3) is 0 Å². The topological polar surface area (TPSA) is 36.7 Å². The first-order chi connectivity index (χ1) is 7.78. The predicted octanol–water partition coefficient (Wildman–Crippen LogP) is 3.80. The van der Waals surface area contributed by atoms with Crippen molar-refractivity contribution in [2.75, 3.05) is 0 Å². The lowest BCUT2D eigenvalue weighted by Crippen LogP contribution is -2.28. The fourth-order valence-corrected chi connectivity index (χ4v) is 3.36. The lowest BCUT2D eigenvalue weighted by Gasteiger charge is -2.34. The average molecular weight is 234 g/mol. The Kier molecular flexibility index (Phi) is 3.60. The highest BCUT2D eigenvalue weighted by atomic mass is 32.1. The van der Waals surface area contributed by atoms with E-state index >= 15 is 0 Å². The molecule has 0 atom stereocenters. The van der Waals surface area contributed by atoms with Crippen LogP contribution in [0.3, 0.4) is 0 Å². The smallest absolute Gasteiger partial charge is 0.0940 e. The highest BCUT2D eigenvalue weighted by Crippen LogP contribution is 2.42. The standard InChI is InChI=1S/C13H18N2S/c1-2-11-3-5-13(10-14,6-4-11)9-12-15-7-8-16-12/h7-8,11H,2-6,9H2,1H3. The van der Waals surface area contributed by atoms with Crippen molar-refractivity contribution in [3.05, 3.63) is 16.6 Å². The van der Waals surface area contributed by atoms with Crippen LogP contribution in [0.5, 0.6) is 0 Å². The Morgan fingerprint density at radius 3 is 2.81 bits per heavy atom. The van der Waals surface area contributed by atoms with Crippen molar-refractivity contribution in [3.63, 3.8) is 0 Å². The van der Waals surface area contributed by atoms with Gasteiger partial charge >= 0.3 is 0 Å². The molecule has 3 heteroatoms. The second kappa shape index (κ2) is 4.97. The van der Waals surface area contributed by atoms with E-state index in [1.807, 2.05) is 11.6 Å². The third-order valence-corrected chi connectivity index (χ3v) is 4.63. The molecule has 1 fully saturated rings. The second-order valence-electron chi connectivity index (χ2n) is 4.85. The van der Waals surface area contributed by atoms with Crippen molar-refractivity contribution < 1.29 is 0 Å². The zero-order chi connectivity index (χ0) is 11.4. The van der Waals surface area contributed by atoms with Crippen LogP contribution in [0.15, 0.2) is 11.6 Å². The largest absolute Gasteiger partial charge is 0.250 e. The van der Waals surface area contributed by atoms with E-state index < -0.39 is 0 Å². The van der Waals surface area contributed by atoms with Gasteiger partial charge in [-0.05, 0) is 31.6 Å². The van der Waals surface area contributed by atoms with Gasteiger partial charge in [0.2, 0.25) is 0 Å². The van der Waals surface area contributed by atoms with E-state index in [1.165, 1.54) is 19.3 Å². The first-order valence-corrected chi connectivity index (χ1v) is 6.95. The molecule has 0 saturated heterocycles. The Hall–Kier alpha value is -0.880. The summed E-state index contributed by atoms with van der Waals surface area (Å²) in [5.74, 6) is 0.845. The zero-order valence-electron chi connectivity index (χ0n) is 9.78. The number of aromatic nitrogens is 1. The van der Waals surface area contributed by atoms with Crippen LogP contribution >= 0.6 is 11.3 Å². The van der Waals surface area contributed by atoms with Crippen molar-refractivity contribution in [2.45, 2.75) is 45.4 Å². The average Bonchev–Trinajstić information content (AvgIpc) is 2.83. The van der Waals surface area contributed by atoms with Crippen molar-refractivity contribution in [1.29, 1.82) is 5.26 Å². The number of nitriles is 1. The minimum Gasteiger partial charge on any atom is -0.250 e. The predicted molar refractivity (Wildman–Crippen MR) is 66.1 cm³/mol. The van der Waals surface area contributed by atoms with Gasteiger partial charge in [-0.2, -0.15) is 5.26 Å². The Morgan fingerprint density at radius 1 is 1.56 bits per heavy atom. The normalized spacial score (nSPS) is 29.9. The van der Waals surface area contributed by atoms with Gasteiger partial charge in [0.1, 0.15) is 0 Å². The summed E-state index contributed by atoms with van der Waals surface area (Å²) in [5.41, 5.74) is -0.122. The van der Waals surface area contributed by atoms with E-state index in [0.29, 0.717) is 0 Å². The van der Waals surface area contributed by atoms with E-state index in [1.54, 1.807) is 11.3 Å². The van der Waals surface area contributed by atoms with Crippen molar-refractivity contribution in [3.8, 4) is 6.07 Å². The third kappa shape index (κ3) is 2.44. The molecule has 0 aliphatic heterocycles. The molecule has 0 radical (unpaired) electrons. The minimum atomic E-state index is -0.122. The van der Waals surface area contributed by atoms with Crippen molar-refractivity contribution in [2.24, 2.45) is 11.3 Å². The maximum atomic E-state index is 9.43. The Balaban J connectivity index is 2.02. The molecule has 0 unspecified atom stereocenters. The van der Waals surface area contributed by atoms with Crippen LogP contribution < -0.4 is 0 Å². The molecular formula is C13H18N2S. The van der Waals surface area contributed by atoms with Gasteiger partial charge in [0, 0.05) is 18.0 Å². The highest BCUT2D eigenvalue weighted by molar-refractivity contribution is 7.09. The molecule has 0 aromatic carbocycles. The van der Waals surface area contributed by atoms with Crippen LogP contribution in [0.4, 0.5) is 0 Å². The molecular weight excluding hydrogens is 216 g/mol. The molecule has 0 spiro atoms. The van der Waals surface area contributed by atoms with Crippen molar-refractivity contribution in [1.82, 2.24) is 4.98 Å². The monoisotopic (exact) mass is 234 g/mol. The molecule has 2 rings (SSSR count). The SMILES string of the molecule is CCC1CCC(C#N)(Cc2nccs2)CC1. The summed E-state index contributed by atoms with van der Waals surface area (Å²) >= 11 is 1.67. The van der Waals surface area contributed by atoms with Gasteiger partial charge in [0.05, 0.1) is 16.5 Å². The van der Waals surface area contributed by atoms with Gasteiger partial charge in [-0.3, -0.25) is 0 Å². The summed E-state index contributed by atoms with van der Waals surface area (Å²) in [6, 6.07) is 2.57. The number of thiazole rings is 1. The Bertz CT molecular complexity index is 356. The van der Waals surface area contributed by atoms with E-state index in [0.717, 1.165) is 30.2 Å². The molecule has 0 bridgehead atoms. The molecule has 0 N–H and O–H groups in total. The molecule has 0 amide bonds. The number of nitrogens with zero attached hydrogens (tertiary/aromatic N) is 2. The maximum absolute atomic E-state index is 9.43. The van der Waals surface area contributed by atoms with Crippen LogP contribution in [-0.2, 0) is 6.42 Å². The lowest BCUT2D eigenvalue weighted by molar-refractivity contribution is 0.205. The first kappa shape index (κ1) is 11.6. The summed E-state index contributed by atoms with van der Waals surface area (Å²) in [6.07, 6.45) is 8.51. The molecule has 16 heavy (non-hydrogen) atoms. The van der Waals surface area contributed by atoms with Crippen molar-refractivity contribution >= 4 is 11.3 Å². The summed E-state index contributed by atoms with van der Waals surface area (Å²) in [4.78, 5) is 4.31. The van der Waals surface area contributed by atoms with Gasteiger partial charge in [-0.25, -0.2) is 4.98 Å². The Labute approximate surface area is 101 Å². The van der Waals surface area contributed by atoms with Crippen LogP contribution in [0.1, 0.15) is 44.0 Å². The van der Waals surface area contributed by atoms with Gasteiger partial charge < -0.3 is 0 Å². The van der Waals surface area contributed by atoms with Crippen LogP contribution in [-0.4, -0.2) is 4.98 Å². The third-order valence-electron chi connectivity index (χ3n) is 3.85. The van der Waals surface area contributed by atoms with E-state index in [4.69, 9.17) is 0 Å². The number of hydrogen-bond donors (Lipinski definition) is 0. The first-order valence-electron chi connectivity index (χ1n) is 6.07. The minimum absolute atomic E-state index is 0.122. The van der Waals surface area contributed by atoms with Gasteiger partial charge in [0.15, 0.2) is 0 Å². The van der Waals surface area contributed by atoms with E-state index in [-0.39, 0.29) is 5.41 Å². The van der Waals surface area contributed by atoms with Gasteiger partial charge in [-0.1, -0.05) is 13.3 Å². The number of hydrogen-bond acceptors (Lipinski definition) is 3. The summed E-state index contributed by atoms with van der Waals surface area (Å²) in [6.45, 7) is 2.25. The lowest BCUT2D eigenvalue weighted by atomic mass is 9.69.